The molecule has 1 amide bonds. The molecule has 0 fully saturated rings. The third kappa shape index (κ3) is 4.82. The van der Waals surface area contributed by atoms with Crippen LogP contribution in [-0.2, 0) is 10.0 Å². The van der Waals surface area contributed by atoms with E-state index in [1.807, 2.05) is 6.92 Å². The number of anilines is 1. The van der Waals surface area contributed by atoms with Crippen molar-refractivity contribution in [1.29, 1.82) is 0 Å². The van der Waals surface area contributed by atoms with Crippen LogP contribution in [0.2, 0.25) is 0 Å². The fraction of sp³-hybridized carbons (Fsp3) is 0.350. The summed E-state index contributed by atoms with van der Waals surface area (Å²) in [6, 6.07) is 9.55. The predicted molar refractivity (Wildman–Crippen MR) is 109 cm³/mol. The molecule has 1 N–H and O–H groups in total. The van der Waals surface area contributed by atoms with E-state index in [-0.39, 0.29) is 10.8 Å². The van der Waals surface area contributed by atoms with Crippen LogP contribution in [0.25, 0.3) is 0 Å². The Morgan fingerprint density at radius 1 is 1.11 bits per heavy atom. The van der Waals surface area contributed by atoms with Crippen LogP contribution in [0.3, 0.4) is 0 Å². The molecule has 2 aromatic carbocycles. The van der Waals surface area contributed by atoms with Gasteiger partial charge in [0, 0.05) is 25.3 Å². The summed E-state index contributed by atoms with van der Waals surface area (Å²) in [5, 5.41) is 2.77. The van der Waals surface area contributed by atoms with Crippen LogP contribution < -0.4 is 14.8 Å². The first-order valence-corrected chi connectivity index (χ1v) is 10.3. The topological polar surface area (TPSA) is 84.9 Å². The number of amides is 1. The molecule has 28 heavy (non-hydrogen) atoms. The van der Waals surface area contributed by atoms with Crippen molar-refractivity contribution < 1.29 is 22.7 Å². The number of methoxy groups -OCH3 is 1. The first-order chi connectivity index (χ1) is 13.2. The highest BCUT2D eigenvalue weighted by Crippen LogP contribution is 2.29. The number of hydrogen-bond donors (Lipinski definition) is 1. The number of ether oxygens (including phenoxy) is 2. The van der Waals surface area contributed by atoms with E-state index in [1.165, 1.54) is 33.3 Å². The van der Waals surface area contributed by atoms with Gasteiger partial charge in [0.25, 0.3) is 5.91 Å². The van der Waals surface area contributed by atoms with Gasteiger partial charge in [-0.1, -0.05) is 13.0 Å². The summed E-state index contributed by atoms with van der Waals surface area (Å²) >= 11 is 0. The molecule has 0 aliphatic carbocycles. The second-order valence-corrected chi connectivity index (χ2v) is 8.58. The second kappa shape index (κ2) is 9.07. The van der Waals surface area contributed by atoms with Crippen molar-refractivity contribution in [2.45, 2.75) is 25.2 Å². The quantitative estimate of drug-likeness (QED) is 0.727. The molecule has 0 aliphatic heterocycles. The van der Waals surface area contributed by atoms with E-state index < -0.39 is 10.0 Å². The van der Waals surface area contributed by atoms with Gasteiger partial charge in [-0.25, -0.2) is 12.7 Å². The molecule has 2 rings (SSSR count). The number of carbonyl (C=O) groups is 1. The molecule has 2 aromatic rings. The lowest BCUT2D eigenvalue weighted by atomic mass is 10.1. The molecule has 0 aliphatic rings. The Morgan fingerprint density at radius 2 is 1.82 bits per heavy atom. The second-order valence-electron chi connectivity index (χ2n) is 6.43. The van der Waals surface area contributed by atoms with E-state index in [1.54, 1.807) is 31.2 Å². The summed E-state index contributed by atoms with van der Waals surface area (Å²) in [6.45, 7) is 4.35. The lowest BCUT2D eigenvalue weighted by molar-refractivity contribution is 0.102. The van der Waals surface area contributed by atoms with E-state index in [0.717, 1.165) is 16.3 Å². The Bertz CT molecular complexity index is 955. The van der Waals surface area contributed by atoms with Gasteiger partial charge in [-0.15, -0.1) is 0 Å². The summed E-state index contributed by atoms with van der Waals surface area (Å²) in [7, 11) is 0.834. The molecule has 0 saturated carbocycles. The zero-order valence-electron chi connectivity index (χ0n) is 16.8. The predicted octanol–water partition coefficient (Wildman–Crippen LogP) is 3.30. The van der Waals surface area contributed by atoms with Crippen molar-refractivity contribution in [1.82, 2.24) is 4.31 Å². The lowest BCUT2D eigenvalue weighted by Gasteiger charge is -2.15. The number of nitrogens with zero attached hydrogens (tertiary/aromatic N) is 1. The van der Waals surface area contributed by atoms with E-state index in [0.29, 0.717) is 29.4 Å². The monoisotopic (exact) mass is 406 g/mol. The molecular formula is C20H26N2O5S. The normalized spacial score (nSPS) is 11.4. The minimum absolute atomic E-state index is 0.110. The molecule has 7 nitrogen and oxygen atoms in total. The number of nitrogens with one attached hydrogen (secondary N) is 1. The summed E-state index contributed by atoms with van der Waals surface area (Å²) in [5.41, 5.74) is 1.56. The molecule has 0 atom stereocenters. The SMILES string of the molecule is CCCOc1ccc(C(=O)Nc2cc(S(=O)(=O)N(C)C)ccc2C)cc1OC. The van der Waals surface area contributed by atoms with Crippen LogP contribution >= 0.6 is 0 Å². The van der Waals surface area contributed by atoms with Crippen LogP contribution in [0.1, 0.15) is 29.3 Å². The maximum atomic E-state index is 12.7. The van der Waals surface area contributed by atoms with Crippen molar-refractivity contribution in [3.8, 4) is 11.5 Å². The zero-order chi connectivity index (χ0) is 20.9. The largest absolute Gasteiger partial charge is 0.493 e. The Hall–Kier alpha value is -2.58. The number of hydrogen-bond acceptors (Lipinski definition) is 5. The fourth-order valence-corrected chi connectivity index (χ4v) is 3.37. The highest BCUT2D eigenvalue weighted by molar-refractivity contribution is 7.89. The van der Waals surface area contributed by atoms with Gasteiger partial charge in [-0.05, 0) is 49.2 Å². The van der Waals surface area contributed by atoms with Crippen molar-refractivity contribution in [3.63, 3.8) is 0 Å². The van der Waals surface area contributed by atoms with Gasteiger partial charge >= 0.3 is 0 Å². The molecule has 0 radical (unpaired) electrons. The van der Waals surface area contributed by atoms with Gasteiger partial charge in [0.1, 0.15) is 0 Å². The minimum Gasteiger partial charge on any atom is -0.493 e. The first kappa shape index (κ1) is 21.7. The molecule has 0 spiro atoms. The third-order valence-corrected chi connectivity index (χ3v) is 5.93. The third-order valence-electron chi connectivity index (χ3n) is 4.12. The van der Waals surface area contributed by atoms with Gasteiger partial charge in [-0.2, -0.15) is 0 Å². The average molecular weight is 407 g/mol. The van der Waals surface area contributed by atoms with E-state index in [9.17, 15) is 13.2 Å². The highest BCUT2D eigenvalue weighted by atomic mass is 32.2. The minimum atomic E-state index is -3.60. The molecule has 0 aromatic heterocycles. The number of carbonyl (C=O) groups excluding carboxylic acids is 1. The van der Waals surface area contributed by atoms with Crippen molar-refractivity contribution in [2.24, 2.45) is 0 Å². The van der Waals surface area contributed by atoms with Crippen molar-refractivity contribution >= 4 is 21.6 Å². The van der Waals surface area contributed by atoms with Gasteiger partial charge in [0.2, 0.25) is 10.0 Å². The smallest absolute Gasteiger partial charge is 0.255 e. The van der Waals surface area contributed by atoms with Gasteiger partial charge < -0.3 is 14.8 Å². The number of rotatable bonds is 8. The molecule has 8 heteroatoms. The van der Waals surface area contributed by atoms with E-state index in [2.05, 4.69) is 5.32 Å². The van der Waals surface area contributed by atoms with E-state index in [4.69, 9.17) is 9.47 Å². The molecule has 152 valence electrons. The summed E-state index contributed by atoms with van der Waals surface area (Å²) < 4.78 is 36.7. The van der Waals surface area contributed by atoms with Gasteiger partial charge in [0.15, 0.2) is 11.5 Å². The van der Waals surface area contributed by atoms with Crippen molar-refractivity contribution in [3.05, 3.63) is 47.5 Å². The number of sulfonamides is 1. The van der Waals surface area contributed by atoms with Crippen LogP contribution in [0.15, 0.2) is 41.3 Å². The Balaban J connectivity index is 2.30. The van der Waals surface area contributed by atoms with Gasteiger partial charge in [-0.3, -0.25) is 4.79 Å². The Labute approximate surface area is 166 Å². The number of aryl methyl sites for hydroxylation is 1. The van der Waals surface area contributed by atoms with Crippen LogP contribution in [0.4, 0.5) is 5.69 Å². The first-order valence-electron chi connectivity index (χ1n) is 8.86. The zero-order valence-corrected chi connectivity index (χ0v) is 17.6. The van der Waals surface area contributed by atoms with Crippen LogP contribution in [-0.4, -0.2) is 46.4 Å². The standard InChI is InChI=1S/C20H26N2O5S/c1-6-11-27-18-10-8-15(12-19(18)26-5)20(23)21-17-13-16(9-7-14(17)2)28(24,25)22(3)4/h7-10,12-13H,6,11H2,1-5H3,(H,21,23). The molecule has 0 bridgehead atoms. The summed E-state index contributed by atoms with van der Waals surface area (Å²) in [5.74, 6) is 0.653. The van der Waals surface area contributed by atoms with E-state index >= 15 is 0 Å². The van der Waals surface area contributed by atoms with Crippen LogP contribution in [0.5, 0.6) is 11.5 Å². The molecule has 0 unspecified atom stereocenters. The fourth-order valence-electron chi connectivity index (χ4n) is 2.44. The van der Waals surface area contributed by atoms with Crippen LogP contribution in [0, 0.1) is 6.92 Å². The average Bonchev–Trinajstić information content (AvgIpc) is 2.67. The Morgan fingerprint density at radius 3 is 2.43 bits per heavy atom. The Kier molecular flexibility index (Phi) is 7.04. The number of benzene rings is 2. The summed E-state index contributed by atoms with van der Waals surface area (Å²) in [4.78, 5) is 12.8. The molecule has 0 heterocycles. The van der Waals surface area contributed by atoms with Gasteiger partial charge in [0.05, 0.1) is 18.6 Å². The maximum Gasteiger partial charge on any atom is 0.255 e. The maximum absolute atomic E-state index is 12.7. The molecular weight excluding hydrogens is 380 g/mol. The summed E-state index contributed by atoms with van der Waals surface area (Å²) in [6.07, 6.45) is 0.858. The molecule has 0 saturated heterocycles. The van der Waals surface area contributed by atoms with Crippen molar-refractivity contribution in [2.75, 3.05) is 33.1 Å². The lowest BCUT2D eigenvalue weighted by Crippen LogP contribution is -2.22. The highest BCUT2D eigenvalue weighted by Gasteiger charge is 2.19.